The molecule has 0 saturated heterocycles. The molecule has 0 amide bonds. The number of benzene rings is 1. The zero-order valence-corrected chi connectivity index (χ0v) is 10.2. The molecule has 0 N–H and O–H groups in total. The van der Waals surface area contributed by atoms with Crippen molar-refractivity contribution < 1.29 is 0 Å². The molecule has 0 unspecified atom stereocenters. The highest BCUT2D eigenvalue weighted by atomic mass is 35.5. The van der Waals surface area contributed by atoms with Gasteiger partial charge in [-0.2, -0.15) is 5.26 Å². The first-order valence-corrected chi connectivity index (χ1v) is 5.12. The quantitative estimate of drug-likeness (QED) is 0.630. The molecule has 0 heterocycles. The number of aryl methyl sites for hydroxylation is 2. The van der Waals surface area contributed by atoms with Gasteiger partial charge in [-0.05, 0) is 37.5 Å². The van der Waals surface area contributed by atoms with E-state index in [-0.39, 0.29) is 0 Å². The first kappa shape index (κ1) is 13.0. The van der Waals surface area contributed by atoms with Crippen LogP contribution in [0.2, 0.25) is 5.02 Å². The fourth-order valence-corrected chi connectivity index (χ4v) is 1.52. The minimum atomic E-state index is 0.593. The third-order valence-corrected chi connectivity index (χ3v) is 2.55. The topological polar surface area (TPSA) is 23.8 Å². The first-order valence-electron chi connectivity index (χ1n) is 4.74. The summed E-state index contributed by atoms with van der Waals surface area (Å²) >= 11 is 5.98. The van der Waals surface area contributed by atoms with Crippen molar-refractivity contribution >= 4 is 11.6 Å². The summed E-state index contributed by atoms with van der Waals surface area (Å²) < 4.78 is 0. The van der Waals surface area contributed by atoms with Crippen molar-refractivity contribution in [1.29, 1.82) is 5.26 Å². The normalized spacial score (nSPS) is 8.64. The Morgan fingerprint density at radius 3 is 2.07 bits per heavy atom. The van der Waals surface area contributed by atoms with Crippen LogP contribution in [0.4, 0.5) is 0 Å². The van der Waals surface area contributed by atoms with Crippen molar-refractivity contribution in [3.05, 3.63) is 33.3 Å². The van der Waals surface area contributed by atoms with E-state index in [2.05, 4.69) is 6.07 Å². The summed E-state index contributed by atoms with van der Waals surface area (Å²) in [6.45, 7) is 9.82. The van der Waals surface area contributed by atoms with Crippen molar-refractivity contribution in [2.45, 2.75) is 34.6 Å². The van der Waals surface area contributed by atoms with Gasteiger partial charge in [0.05, 0.1) is 10.6 Å². The smallest absolute Gasteiger partial charge is 0.101 e. The molecule has 76 valence electrons. The van der Waals surface area contributed by atoms with Crippen molar-refractivity contribution in [3.8, 4) is 6.07 Å². The molecule has 0 saturated carbocycles. The largest absolute Gasteiger partial charge is 0.192 e. The highest BCUT2D eigenvalue weighted by Crippen LogP contribution is 2.25. The molecule has 1 rings (SSSR count). The number of nitriles is 1. The third-order valence-electron chi connectivity index (χ3n) is 2.08. The van der Waals surface area contributed by atoms with Crippen LogP contribution in [0.25, 0.3) is 0 Å². The molecule has 0 fully saturated rings. The number of hydrogen-bond acceptors (Lipinski definition) is 1. The molecule has 0 atom stereocenters. The van der Waals surface area contributed by atoms with E-state index < -0.39 is 0 Å². The van der Waals surface area contributed by atoms with Gasteiger partial charge in [-0.15, -0.1) is 0 Å². The van der Waals surface area contributed by atoms with Crippen LogP contribution >= 0.6 is 11.6 Å². The van der Waals surface area contributed by atoms with Crippen molar-refractivity contribution in [2.24, 2.45) is 0 Å². The average Bonchev–Trinajstić information content (AvgIpc) is 2.18. The maximum absolute atomic E-state index is 8.78. The maximum atomic E-state index is 8.78. The van der Waals surface area contributed by atoms with E-state index in [0.29, 0.717) is 10.6 Å². The van der Waals surface area contributed by atoms with Crippen LogP contribution in [0.15, 0.2) is 6.07 Å². The minimum Gasteiger partial charge on any atom is -0.192 e. The predicted molar refractivity (Wildman–Crippen MR) is 61.7 cm³/mol. The van der Waals surface area contributed by atoms with Gasteiger partial charge in [-0.1, -0.05) is 31.5 Å². The molecule has 0 aliphatic carbocycles. The molecule has 1 aromatic carbocycles. The van der Waals surface area contributed by atoms with Crippen LogP contribution in [0.3, 0.4) is 0 Å². The molecule has 0 bridgehead atoms. The lowest BCUT2D eigenvalue weighted by atomic mass is 10.0. The second kappa shape index (κ2) is 5.67. The van der Waals surface area contributed by atoms with Gasteiger partial charge in [0.1, 0.15) is 6.07 Å². The van der Waals surface area contributed by atoms with E-state index in [9.17, 15) is 0 Å². The summed E-state index contributed by atoms with van der Waals surface area (Å²) in [5.41, 5.74) is 3.68. The number of rotatable bonds is 0. The lowest BCUT2D eigenvalue weighted by Gasteiger charge is -2.06. The van der Waals surface area contributed by atoms with Gasteiger partial charge in [0.15, 0.2) is 0 Å². The molecule has 0 aliphatic rings. The lowest BCUT2D eigenvalue weighted by molar-refractivity contribution is 1.27. The molecule has 0 radical (unpaired) electrons. The maximum Gasteiger partial charge on any atom is 0.101 e. The van der Waals surface area contributed by atoms with Crippen LogP contribution in [-0.4, -0.2) is 0 Å². The van der Waals surface area contributed by atoms with Crippen molar-refractivity contribution in [1.82, 2.24) is 0 Å². The van der Waals surface area contributed by atoms with Gasteiger partial charge in [-0.25, -0.2) is 0 Å². The highest BCUT2D eigenvalue weighted by Gasteiger charge is 2.08. The van der Waals surface area contributed by atoms with E-state index in [1.165, 1.54) is 0 Å². The minimum absolute atomic E-state index is 0.593. The van der Waals surface area contributed by atoms with E-state index in [4.69, 9.17) is 16.9 Å². The molecule has 1 nitrogen and oxygen atoms in total. The molecular formula is C12H16ClN. The SMILES string of the molecule is CC.Cc1cc(C)c(C#N)c(Cl)c1C. The van der Waals surface area contributed by atoms with Crippen LogP contribution in [-0.2, 0) is 0 Å². The Balaban J connectivity index is 0.000000791. The van der Waals surface area contributed by atoms with Gasteiger partial charge >= 0.3 is 0 Å². The van der Waals surface area contributed by atoms with Gasteiger partial charge in [-0.3, -0.25) is 0 Å². The van der Waals surface area contributed by atoms with Crippen LogP contribution in [0.1, 0.15) is 36.1 Å². The van der Waals surface area contributed by atoms with E-state index >= 15 is 0 Å². The van der Waals surface area contributed by atoms with E-state index in [0.717, 1.165) is 16.7 Å². The zero-order chi connectivity index (χ0) is 11.3. The number of nitrogens with zero attached hydrogens (tertiary/aromatic N) is 1. The summed E-state index contributed by atoms with van der Waals surface area (Å²) in [5, 5.41) is 9.37. The first-order chi connectivity index (χ1) is 6.57. The Bertz CT molecular complexity index is 362. The molecule has 14 heavy (non-hydrogen) atoms. The third kappa shape index (κ3) is 2.49. The van der Waals surface area contributed by atoms with Gasteiger partial charge in [0.2, 0.25) is 0 Å². The second-order valence-electron chi connectivity index (χ2n) is 2.94. The standard InChI is InChI=1S/C10H10ClN.C2H6/c1-6-4-7(2)9(5-12)10(11)8(6)3;1-2/h4H,1-3H3;1-2H3. The molecule has 0 spiro atoms. The van der Waals surface area contributed by atoms with Crippen LogP contribution in [0, 0.1) is 32.1 Å². The Labute approximate surface area is 91.3 Å². The molecule has 0 aromatic heterocycles. The summed E-state index contributed by atoms with van der Waals surface area (Å²) in [7, 11) is 0. The molecular weight excluding hydrogens is 194 g/mol. The van der Waals surface area contributed by atoms with E-state index in [1.807, 2.05) is 40.7 Å². The average molecular weight is 210 g/mol. The monoisotopic (exact) mass is 209 g/mol. The molecule has 0 aliphatic heterocycles. The zero-order valence-electron chi connectivity index (χ0n) is 9.40. The fraction of sp³-hybridized carbons (Fsp3) is 0.417. The van der Waals surface area contributed by atoms with Gasteiger partial charge in [0.25, 0.3) is 0 Å². The Morgan fingerprint density at radius 1 is 1.14 bits per heavy atom. The van der Waals surface area contributed by atoms with Crippen LogP contribution < -0.4 is 0 Å². The predicted octanol–water partition coefficient (Wildman–Crippen LogP) is 4.16. The van der Waals surface area contributed by atoms with Crippen molar-refractivity contribution in [2.75, 3.05) is 0 Å². The molecule has 2 heteroatoms. The summed E-state index contributed by atoms with van der Waals surface area (Å²) in [6.07, 6.45) is 0. The van der Waals surface area contributed by atoms with Gasteiger partial charge in [0, 0.05) is 0 Å². The molecule has 1 aromatic rings. The highest BCUT2D eigenvalue weighted by molar-refractivity contribution is 6.32. The lowest BCUT2D eigenvalue weighted by Crippen LogP contribution is -1.90. The Kier molecular flexibility index (Phi) is 5.27. The summed E-state index contributed by atoms with van der Waals surface area (Å²) in [4.78, 5) is 0. The van der Waals surface area contributed by atoms with E-state index in [1.54, 1.807) is 0 Å². The number of hydrogen-bond donors (Lipinski definition) is 0. The number of halogens is 1. The Hall–Kier alpha value is -1.00. The van der Waals surface area contributed by atoms with Crippen molar-refractivity contribution in [3.63, 3.8) is 0 Å². The second-order valence-corrected chi connectivity index (χ2v) is 3.31. The van der Waals surface area contributed by atoms with Gasteiger partial charge < -0.3 is 0 Å². The summed E-state index contributed by atoms with van der Waals surface area (Å²) in [6, 6.07) is 4.09. The summed E-state index contributed by atoms with van der Waals surface area (Å²) in [5.74, 6) is 0. The van der Waals surface area contributed by atoms with Crippen LogP contribution in [0.5, 0.6) is 0 Å². The Morgan fingerprint density at radius 2 is 1.64 bits per heavy atom. The fourth-order valence-electron chi connectivity index (χ4n) is 1.18.